The summed E-state index contributed by atoms with van der Waals surface area (Å²) in [5, 5.41) is 2.73. The van der Waals surface area contributed by atoms with Gasteiger partial charge in [-0.15, -0.1) is 0 Å². The number of carbonyl (C=O) groups is 3. The average molecular weight is 257 g/mol. The first-order valence-electron chi connectivity index (χ1n) is 6.01. The van der Waals surface area contributed by atoms with Gasteiger partial charge in [0.25, 0.3) is 0 Å². The van der Waals surface area contributed by atoms with Crippen molar-refractivity contribution in [2.24, 2.45) is 0 Å². The van der Waals surface area contributed by atoms with Crippen LogP contribution in [0.25, 0.3) is 0 Å². The largest absolute Gasteiger partial charge is 0.459 e. The molecular formula is C12H19NO5. The topological polar surface area (TPSA) is 81.7 Å². The Morgan fingerprint density at radius 2 is 1.61 bits per heavy atom. The van der Waals surface area contributed by atoms with Gasteiger partial charge in [-0.1, -0.05) is 0 Å². The van der Waals surface area contributed by atoms with Crippen molar-refractivity contribution in [1.29, 1.82) is 0 Å². The van der Waals surface area contributed by atoms with Crippen LogP contribution in [0, 0.1) is 0 Å². The lowest BCUT2D eigenvalue weighted by Crippen LogP contribution is -2.53. The molecular weight excluding hydrogens is 238 g/mol. The van der Waals surface area contributed by atoms with Crippen LogP contribution in [0.4, 0.5) is 0 Å². The molecule has 0 unspecified atom stereocenters. The van der Waals surface area contributed by atoms with Crippen LogP contribution in [-0.4, -0.2) is 36.1 Å². The summed E-state index contributed by atoms with van der Waals surface area (Å²) in [6.45, 7) is 4.01. The number of carbonyl (C=O) groups excluding carboxylic acids is 3. The zero-order valence-corrected chi connectivity index (χ0v) is 10.9. The molecule has 0 aromatic heterocycles. The van der Waals surface area contributed by atoms with Crippen LogP contribution in [0.2, 0.25) is 0 Å². The molecule has 0 aliphatic heterocycles. The van der Waals surface area contributed by atoms with Gasteiger partial charge in [0.2, 0.25) is 5.91 Å². The maximum absolute atomic E-state index is 11.1. The highest BCUT2D eigenvalue weighted by Gasteiger charge is 2.38. The molecule has 1 saturated carbocycles. The lowest BCUT2D eigenvalue weighted by Gasteiger charge is -2.36. The molecule has 3 atom stereocenters. The van der Waals surface area contributed by atoms with Crippen molar-refractivity contribution in [3.8, 4) is 0 Å². The van der Waals surface area contributed by atoms with Crippen LogP contribution in [-0.2, 0) is 23.9 Å². The first-order chi connectivity index (χ1) is 8.40. The zero-order valence-electron chi connectivity index (χ0n) is 10.9. The molecule has 1 rings (SSSR count). The summed E-state index contributed by atoms with van der Waals surface area (Å²) in [5.74, 6) is -1.06. The van der Waals surface area contributed by atoms with Crippen molar-refractivity contribution in [3.63, 3.8) is 0 Å². The van der Waals surface area contributed by atoms with E-state index in [1.807, 2.05) is 0 Å². The first kappa shape index (κ1) is 14.5. The Bertz CT molecular complexity index is 317. The third-order valence-electron chi connectivity index (χ3n) is 2.77. The highest BCUT2D eigenvalue weighted by Crippen LogP contribution is 2.25. The molecule has 0 bridgehead atoms. The predicted octanol–water partition coefficient (Wildman–Crippen LogP) is 0.538. The Balaban J connectivity index is 2.78. The minimum atomic E-state index is -0.607. The molecule has 0 radical (unpaired) electrons. The van der Waals surface area contributed by atoms with Crippen molar-refractivity contribution in [2.75, 3.05) is 0 Å². The van der Waals surface area contributed by atoms with Crippen molar-refractivity contribution in [1.82, 2.24) is 5.32 Å². The van der Waals surface area contributed by atoms with Crippen LogP contribution in [0.15, 0.2) is 0 Å². The lowest BCUT2D eigenvalue weighted by molar-refractivity contribution is -0.171. The maximum atomic E-state index is 11.1. The molecule has 1 aliphatic rings. The van der Waals surface area contributed by atoms with Gasteiger partial charge in [0.1, 0.15) is 6.10 Å². The quantitative estimate of drug-likeness (QED) is 0.746. The van der Waals surface area contributed by atoms with Gasteiger partial charge in [-0.3, -0.25) is 14.4 Å². The minimum Gasteiger partial charge on any atom is -0.459 e. The monoisotopic (exact) mass is 257 g/mol. The Hall–Kier alpha value is -1.59. The van der Waals surface area contributed by atoms with Crippen LogP contribution in [0.1, 0.15) is 40.0 Å². The lowest BCUT2D eigenvalue weighted by atomic mass is 9.89. The third kappa shape index (κ3) is 4.35. The van der Waals surface area contributed by atoms with Crippen molar-refractivity contribution >= 4 is 17.8 Å². The molecule has 102 valence electrons. The molecule has 1 aliphatic carbocycles. The summed E-state index contributed by atoms with van der Waals surface area (Å²) in [6, 6.07) is -0.301. The van der Waals surface area contributed by atoms with E-state index in [0.29, 0.717) is 12.8 Å². The molecule has 1 N–H and O–H groups in total. The average Bonchev–Trinajstić information content (AvgIpc) is 2.20. The molecule has 1 amide bonds. The van der Waals surface area contributed by atoms with E-state index in [4.69, 9.17) is 9.47 Å². The summed E-state index contributed by atoms with van der Waals surface area (Å²) in [6.07, 6.45) is 1.05. The normalized spacial score (nSPS) is 27.2. The molecule has 0 aromatic carbocycles. The smallest absolute Gasteiger partial charge is 0.303 e. The number of ether oxygens (including phenoxy) is 2. The van der Waals surface area contributed by atoms with Gasteiger partial charge < -0.3 is 14.8 Å². The van der Waals surface area contributed by atoms with Crippen LogP contribution < -0.4 is 5.32 Å². The highest BCUT2D eigenvalue weighted by molar-refractivity contribution is 5.73. The summed E-state index contributed by atoms with van der Waals surface area (Å²) in [7, 11) is 0. The molecule has 0 spiro atoms. The van der Waals surface area contributed by atoms with Gasteiger partial charge in [0.15, 0.2) is 6.10 Å². The second-order valence-electron chi connectivity index (χ2n) is 4.46. The van der Waals surface area contributed by atoms with Crippen LogP contribution in [0.5, 0.6) is 0 Å². The Morgan fingerprint density at radius 3 is 2.11 bits per heavy atom. The van der Waals surface area contributed by atoms with E-state index in [0.717, 1.165) is 6.42 Å². The van der Waals surface area contributed by atoms with Gasteiger partial charge in [0, 0.05) is 20.8 Å². The van der Waals surface area contributed by atoms with Crippen molar-refractivity contribution in [2.45, 2.75) is 58.3 Å². The molecule has 0 aromatic rings. The molecule has 1 fully saturated rings. The van der Waals surface area contributed by atoms with Crippen LogP contribution >= 0.6 is 0 Å². The highest BCUT2D eigenvalue weighted by atomic mass is 16.6. The standard InChI is InChI=1S/C12H19NO5/c1-7(14)13-10-5-4-6-11(17-8(2)15)12(10)18-9(3)16/h10-12H,4-6H2,1-3H3,(H,13,14)/t10-,11-,12+/m0/s1. The number of rotatable bonds is 3. The Kier molecular flexibility index (Phi) is 5.12. The van der Waals surface area contributed by atoms with Crippen LogP contribution in [0.3, 0.4) is 0 Å². The van der Waals surface area contributed by atoms with E-state index in [9.17, 15) is 14.4 Å². The van der Waals surface area contributed by atoms with Gasteiger partial charge in [0.05, 0.1) is 6.04 Å². The maximum Gasteiger partial charge on any atom is 0.303 e. The Labute approximate surface area is 106 Å². The molecule has 0 saturated heterocycles. The SMILES string of the molecule is CC(=O)N[C@H]1CCC[C@H](OC(C)=O)[C@@H]1OC(C)=O. The van der Waals surface area contributed by atoms with Gasteiger partial charge in [-0.2, -0.15) is 0 Å². The number of esters is 2. The van der Waals surface area contributed by atoms with E-state index in [1.165, 1.54) is 20.8 Å². The second kappa shape index (κ2) is 6.37. The molecule has 0 heterocycles. The van der Waals surface area contributed by atoms with E-state index >= 15 is 0 Å². The predicted molar refractivity (Wildman–Crippen MR) is 62.6 cm³/mol. The minimum absolute atomic E-state index is 0.194. The number of amides is 1. The third-order valence-corrected chi connectivity index (χ3v) is 2.77. The van der Waals surface area contributed by atoms with Gasteiger partial charge in [-0.05, 0) is 19.3 Å². The van der Waals surface area contributed by atoms with Gasteiger partial charge >= 0.3 is 11.9 Å². The molecule has 6 heteroatoms. The van der Waals surface area contributed by atoms with E-state index in [-0.39, 0.29) is 11.9 Å². The summed E-state index contributed by atoms with van der Waals surface area (Å²) in [5.41, 5.74) is 0. The van der Waals surface area contributed by atoms with E-state index < -0.39 is 24.1 Å². The number of hydrogen-bond acceptors (Lipinski definition) is 5. The second-order valence-corrected chi connectivity index (χ2v) is 4.46. The van der Waals surface area contributed by atoms with E-state index in [1.54, 1.807) is 0 Å². The molecule has 18 heavy (non-hydrogen) atoms. The Morgan fingerprint density at radius 1 is 1.00 bits per heavy atom. The first-order valence-corrected chi connectivity index (χ1v) is 6.01. The van der Waals surface area contributed by atoms with Gasteiger partial charge in [-0.25, -0.2) is 0 Å². The molecule has 6 nitrogen and oxygen atoms in total. The number of hydrogen-bond donors (Lipinski definition) is 1. The zero-order chi connectivity index (χ0) is 13.7. The summed E-state index contributed by atoms with van der Waals surface area (Å²) < 4.78 is 10.3. The fraction of sp³-hybridized carbons (Fsp3) is 0.750. The fourth-order valence-corrected chi connectivity index (χ4v) is 2.23. The summed E-state index contributed by atoms with van der Waals surface area (Å²) in [4.78, 5) is 33.2. The van der Waals surface area contributed by atoms with Crippen molar-refractivity contribution in [3.05, 3.63) is 0 Å². The number of nitrogens with one attached hydrogen (secondary N) is 1. The fourth-order valence-electron chi connectivity index (χ4n) is 2.23. The van der Waals surface area contributed by atoms with Crippen molar-refractivity contribution < 1.29 is 23.9 Å². The summed E-state index contributed by atoms with van der Waals surface area (Å²) >= 11 is 0. The van der Waals surface area contributed by atoms with E-state index in [2.05, 4.69) is 5.32 Å².